The van der Waals surface area contributed by atoms with Gasteiger partial charge in [-0.25, -0.2) is 9.97 Å². The minimum atomic E-state index is -0.142. The van der Waals surface area contributed by atoms with Gasteiger partial charge in [0, 0.05) is 56.2 Å². The van der Waals surface area contributed by atoms with Gasteiger partial charge in [0.2, 0.25) is 5.95 Å². The molecule has 1 aliphatic heterocycles. The molecule has 2 aromatic rings. The van der Waals surface area contributed by atoms with Gasteiger partial charge in [0.05, 0.1) is 11.4 Å². The van der Waals surface area contributed by atoms with E-state index in [2.05, 4.69) is 14.9 Å². The summed E-state index contributed by atoms with van der Waals surface area (Å²) >= 11 is 0. The van der Waals surface area contributed by atoms with Gasteiger partial charge in [0.1, 0.15) is 0 Å². The van der Waals surface area contributed by atoms with Crippen LogP contribution in [0.5, 0.6) is 0 Å². The Bertz CT molecular complexity index is 857. The minimum Gasteiger partial charge on any atom is -0.398 e. The summed E-state index contributed by atoms with van der Waals surface area (Å²) in [5.74, 6) is 0.445. The largest absolute Gasteiger partial charge is 0.398 e. The Balaban J connectivity index is 1.89. The van der Waals surface area contributed by atoms with E-state index in [1.165, 1.54) is 4.90 Å². The highest BCUT2D eigenvalue weighted by molar-refractivity contribution is 6.13. The lowest BCUT2D eigenvalue weighted by atomic mass is 10.0. The zero-order valence-electron chi connectivity index (χ0n) is 15.6. The molecule has 0 aliphatic carbocycles. The van der Waals surface area contributed by atoms with Crippen molar-refractivity contribution in [1.29, 1.82) is 5.41 Å². The SMILES string of the molecule is CN(C)C(=O)c1ccc(N)c(C(=N)c2ccnc(N3CCC(N)CC3)n2)c1. The van der Waals surface area contributed by atoms with Gasteiger partial charge in [-0.3, -0.25) is 10.2 Å². The van der Waals surface area contributed by atoms with Gasteiger partial charge in [0.15, 0.2) is 0 Å². The predicted octanol–water partition coefficient (Wildman–Crippen LogP) is 1.10. The lowest BCUT2D eigenvalue weighted by molar-refractivity contribution is 0.0827. The first kappa shape index (κ1) is 18.8. The van der Waals surface area contributed by atoms with Crippen molar-refractivity contribution >= 4 is 23.3 Å². The summed E-state index contributed by atoms with van der Waals surface area (Å²) in [6.07, 6.45) is 3.44. The average molecular weight is 367 g/mol. The molecule has 0 atom stereocenters. The van der Waals surface area contributed by atoms with Gasteiger partial charge in [-0.15, -0.1) is 0 Å². The number of benzene rings is 1. The number of anilines is 2. The number of carbonyl (C=O) groups is 1. The number of hydrogen-bond donors (Lipinski definition) is 3. The van der Waals surface area contributed by atoms with Crippen LogP contribution < -0.4 is 16.4 Å². The minimum absolute atomic E-state index is 0.142. The third-order valence-electron chi connectivity index (χ3n) is 4.70. The fraction of sp³-hybridized carbons (Fsp3) is 0.368. The molecule has 2 heterocycles. The highest BCUT2D eigenvalue weighted by atomic mass is 16.2. The first-order valence-electron chi connectivity index (χ1n) is 8.91. The van der Waals surface area contributed by atoms with Gasteiger partial charge < -0.3 is 21.3 Å². The van der Waals surface area contributed by atoms with Crippen molar-refractivity contribution in [1.82, 2.24) is 14.9 Å². The summed E-state index contributed by atoms with van der Waals surface area (Å²) in [6.45, 7) is 1.60. The molecule has 5 N–H and O–H groups in total. The van der Waals surface area contributed by atoms with Crippen LogP contribution in [0.15, 0.2) is 30.5 Å². The summed E-state index contributed by atoms with van der Waals surface area (Å²) in [6, 6.07) is 6.86. The summed E-state index contributed by atoms with van der Waals surface area (Å²) in [5.41, 5.74) is 14.0. The van der Waals surface area contributed by atoms with Crippen LogP contribution in [-0.4, -0.2) is 59.7 Å². The maximum absolute atomic E-state index is 12.2. The zero-order chi connectivity index (χ0) is 19.6. The lowest BCUT2D eigenvalue weighted by Crippen LogP contribution is -2.40. The van der Waals surface area contributed by atoms with Crippen LogP contribution in [-0.2, 0) is 0 Å². The molecule has 3 rings (SSSR count). The fourth-order valence-electron chi connectivity index (χ4n) is 3.04. The van der Waals surface area contributed by atoms with E-state index >= 15 is 0 Å². The second-order valence-corrected chi connectivity index (χ2v) is 6.94. The maximum Gasteiger partial charge on any atom is 0.253 e. The molecule has 142 valence electrons. The van der Waals surface area contributed by atoms with E-state index in [0.717, 1.165) is 25.9 Å². The zero-order valence-corrected chi connectivity index (χ0v) is 15.6. The summed E-state index contributed by atoms with van der Waals surface area (Å²) in [5, 5.41) is 8.57. The van der Waals surface area contributed by atoms with Crippen molar-refractivity contribution in [3.8, 4) is 0 Å². The van der Waals surface area contributed by atoms with E-state index in [4.69, 9.17) is 16.9 Å². The van der Waals surface area contributed by atoms with Crippen LogP contribution in [0.2, 0.25) is 0 Å². The van der Waals surface area contributed by atoms with E-state index in [-0.39, 0.29) is 17.7 Å². The van der Waals surface area contributed by atoms with Crippen molar-refractivity contribution in [2.75, 3.05) is 37.8 Å². The van der Waals surface area contributed by atoms with E-state index in [0.29, 0.717) is 28.5 Å². The maximum atomic E-state index is 12.2. The highest BCUT2D eigenvalue weighted by Gasteiger charge is 2.20. The van der Waals surface area contributed by atoms with Crippen LogP contribution >= 0.6 is 0 Å². The smallest absolute Gasteiger partial charge is 0.253 e. The van der Waals surface area contributed by atoms with Crippen molar-refractivity contribution in [2.24, 2.45) is 5.73 Å². The van der Waals surface area contributed by atoms with Gasteiger partial charge in [0.25, 0.3) is 5.91 Å². The Morgan fingerprint density at radius 1 is 1.26 bits per heavy atom. The number of nitrogen functional groups attached to an aromatic ring is 1. The van der Waals surface area contributed by atoms with Crippen LogP contribution in [0.3, 0.4) is 0 Å². The second kappa shape index (κ2) is 7.71. The lowest BCUT2D eigenvalue weighted by Gasteiger charge is -2.30. The van der Waals surface area contributed by atoms with E-state index in [1.54, 1.807) is 44.6 Å². The Labute approximate surface area is 158 Å². The van der Waals surface area contributed by atoms with Gasteiger partial charge in [-0.1, -0.05) is 0 Å². The third kappa shape index (κ3) is 4.06. The molecule has 0 spiro atoms. The number of nitrogens with two attached hydrogens (primary N) is 2. The van der Waals surface area contributed by atoms with E-state index < -0.39 is 0 Å². The Hall–Kier alpha value is -3.00. The third-order valence-corrected chi connectivity index (χ3v) is 4.70. The van der Waals surface area contributed by atoms with Crippen molar-refractivity contribution in [2.45, 2.75) is 18.9 Å². The normalized spacial score (nSPS) is 14.9. The molecule has 8 heteroatoms. The number of rotatable bonds is 4. The number of piperidine rings is 1. The quantitative estimate of drug-likeness (QED) is 0.549. The summed E-state index contributed by atoms with van der Waals surface area (Å²) in [7, 11) is 3.37. The second-order valence-electron chi connectivity index (χ2n) is 6.94. The molecule has 0 saturated carbocycles. The fourth-order valence-corrected chi connectivity index (χ4v) is 3.04. The van der Waals surface area contributed by atoms with Crippen LogP contribution in [0.25, 0.3) is 0 Å². The van der Waals surface area contributed by atoms with E-state index in [9.17, 15) is 4.79 Å². The molecule has 8 nitrogen and oxygen atoms in total. The van der Waals surface area contributed by atoms with Crippen molar-refractivity contribution in [3.63, 3.8) is 0 Å². The van der Waals surface area contributed by atoms with Gasteiger partial charge >= 0.3 is 0 Å². The first-order chi connectivity index (χ1) is 12.9. The number of nitrogens with zero attached hydrogens (tertiary/aromatic N) is 4. The molecule has 1 aromatic carbocycles. The summed E-state index contributed by atoms with van der Waals surface area (Å²) in [4.78, 5) is 24.7. The molecule has 1 saturated heterocycles. The Morgan fingerprint density at radius 3 is 2.63 bits per heavy atom. The molecule has 0 bridgehead atoms. The van der Waals surface area contributed by atoms with E-state index in [1.807, 2.05) is 0 Å². The van der Waals surface area contributed by atoms with Gasteiger partial charge in [-0.05, 0) is 37.1 Å². The molecular formula is C19H25N7O. The standard InChI is InChI=1S/C19H25N7O/c1-25(2)18(27)12-3-4-15(21)14(11-12)17(22)16-5-8-23-19(24-16)26-9-6-13(20)7-10-26/h3-5,8,11,13,22H,6-7,9-10,20-21H2,1-2H3. The number of hydrogen-bond acceptors (Lipinski definition) is 7. The number of carbonyl (C=O) groups excluding carboxylic acids is 1. The number of nitrogens with one attached hydrogen (secondary N) is 1. The predicted molar refractivity (Wildman–Crippen MR) is 106 cm³/mol. The molecule has 1 fully saturated rings. The Morgan fingerprint density at radius 2 is 1.96 bits per heavy atom. The highest BCUT2D eigenvalue weighted by Crippen LogP contribution is 2.20. The topological polar surface area (TPSA) is 125 Å². The Kier molecular flexibility index (Phi) is 5.36. The van der Waals surface area contributed by atoms with Crippen LogP contribution in [0.1, 0.15) is 34.5 Å². The molecule has 0 unspecified atom stereocenters. The number of aromatic nitrogens is 2. The molecular weight excluding hydrogens is 342 g/mol. The molecule has 0 radical (unpaired) electrons. The first-order valence-corrected chi connectivity index (χ1v) is 8.91. The van der Waals surface area contributed by atoms with Gasteiger partial charge in [-0.2, -0.15) is 0 Å². The molecule has 1 aliphatic rings. The van der Waals surface area contributed by atoms with Crippen molar-refractivity contribution in [3.05, 3.63) is 47.3 Å². The molecule has 1 aromatic heterocycles. The molecule has 27 heavy (non-hydrogen) atoms. The van der Waals surface area contributed by atoms with Crippen LogP contribution in [0.4, 0.5) is 11.6 Å². The monoisotopic (exact) mass is 367 g/mol. The number of amides is 1. The van der Waals surface area contributed by atoms with Crippen molar-refractivity contribution < 1.29 is 4.79 Å². The summed E-state index contributed by atoms with van der Waals surface area (Å²) < 4.78 is 0. The average Bonchev–Trinajstić information content (AvgIpc) is 2.68. The molecule has 1 amide bonds. The van der Waals surface area contributed by atoms with Crippen LogP contribution in [0, 0.1) is 5.41 Å².